The summed E-state index contributed by atoms with van der Waals surface area (Å²) in [6, 6.07) is 8.94. The minimum atomic E-state index is -0.0903. The van der Waals surface area contributed by atoms with E-state index in [4.69, 9.17) is 11.6 Å². The maximum Gasteiger partial charge on any atom is 0.234 e. The number of alkyl halides is 1. The van der Waals surface area contributed by atoms with Gasteiger partial charge in [-0.05, 0) is 31.9 Å². The Hall–Kier alpha value is -1.22. The van der Waals surface area contributed by atoms with Crippen molar-refractivity contribution in [2.45, 2.75) is 25.8 Å². The molecule has 0 saturated carbocycles. The monoisotopic (exact) mass is 266 g/mol. The van der Waals surface area contributed by atoms with Crippen molar-refractivity contribution in [3.8, 4) is 0 Å². The van der Waals surface area contributed by atoms with Crippen LogP contribution in [0.4, 0.5) is 5.69 Å². The van der Waals surface area contributed by atoms with Crippen molar-refractivity contribution in [2.75, 3.05) is 23.9 Å². The lowest BCUT2D eigenvalue weighted by Crippen LogP contribution is -2.40. The van der Waals surface area contributed by atoms with Crippen LogP contribution in [0.3, 0.4) is 0 Å². The Morgan fingerprint density at radius 3 is 2.83 bits per heavy atom. The molecule has 1 aliphatic rings. The molecule has 1 N–H and O–H groups in total. The van der Waals surface area contributed by atoms with Crippen LogP contribution in [0.2, 0.25) is 0 Å². The van der Waals surface area contributed by atoms with Crippen molar-refractivity contribution in [3.05, 3.63) is 29.8 Å². The van der Waals surface area contributed by atoms with Crippen molar-refractivity contribution in [3.63, 3.8) is 0 Å². The maximum absolute atomic E-state index is 11.2. The first-order chi connectivity index (χ1) is 8.70. The molecule has 1 heterocycles. The molecule has 1 atom stereocenters. The molecule has 0 spiro atoms. The average molecular weight is 267 g/mol. The van der Waals surface area contributed by atoms with Gasteiger partial charge in [-0.1, -0.05) is 17.7 Å². The van der Waals surface area contributed by atoms with E-state index < -0.39 is 0 Å². The summed E-state index contributed by atoms with van der Waals surface area (Å²) in [6.07, 6.45) is 2.30. The molecule has 3 nitrogen and oxygen atoms in total. The SMILES string of the molecule is Cc1ccc(N2CCC[C@H]2CNC(=O)CCl)cc1. The highest BCUT2D eigenvalue weighted by molar-refractivity contribution is 6.27. The summed E-state index contributed by atoms with van der Waals surface area (Å²) in [5.41, 5.74) is 2.51. The fourth-order valence-electron chi connectivity index (χ4n) is 2.40. The average Bonchev–Trinajstić information content (AvgIpc) is 2.85. The van der Waals surface area contributed by atoms with Gasteiger partial charge in [0.1, 0.15) is 5.88 Å². The van der Waals surface area contributed by atoms with Gasteiger partial charge in [0.2, 0.25) is 5.91 Å². The van der Waals surface area contributed by atoms with Gasteiger partial charge in [0.05, 0.1) is 0 Å². The number of nitrogens with one attached hydrogen (secondary N) is 1. The van der Waals surface area contributed by atoms with Crippen LogP contribution in [0.5, 0.6) is 0 Å². The first-order valence-electron chi connectivity index (χ1n) is 6.36. The Kier molecular flexibility index (Phi) is 4.48. The molecule has 0 aromatic heterocycles. The highest BCUT2D eigenvalue weighted by atomic mass is 35.5. The molecule has 1 fully saturated rings. The van der Waals surface area contributed by atoms with Gasteiger partial charge in [-0.25, -0.2) is 0 Å². The van der Waals surface area contributed by atoms with Crippen molar-refractivity contribution in [2.24, 2.45) is 0 Å². The summed E-state index contributed by atoms with van der Waals surface area (Å²) < 4.78 is 0. The zero-order chi connectivity index (χ0) is 13.0. The second-order valence-electron chi connectivity index (χ2n) is 4.76. The Bertz CT molecular complexity index is 405. The van der Waals surface area contributed by atoms with Gasteiger partial charge in [-0.2, -0.15) is 0 Å². The quantitative estimate of drug-likeness (QED) is 0.849. The van der Waals surface area contributed by atoms with Crippen LogP contribution in [-0.4, -0.2) is 30.9 Å². The summed E-state index contributed by atoms with van der Waals surface area (Å²) in [6.45, 7) is 3.83. The van der Waals surface area contributed by atoms with E-state index in [-0.39, 0.29) is 11.8 Å². The number of halogens is 1. The Morgan fingerprint density at radius 1 is 1.44 bits per heavy atom. The Morgan fingerprint density at radius 2 is 2.17 bits per heavy atom. The number of hydrogen-bond donors (Lipinski definition) is 1. The van der Waals surface area contributed by atoms with Crippen LogP contribution < -0.4 is 10.2 Å². The lowest BCUT2D eigenvalue weighted by Gasteiger charge is -2.27. The molecule has 2 rings (SSSR count). The molecule has 4 heteroatoms. The molecule has 0 aliphatic carbocycles. The van der Waals surface area contributed by atoms with E-state index >= 15 is 0 Å². The number of hydrogen-bond acceptors (Lipinski definition) is 2. The standard InChI is InChI=1S/C14H19ClN2O/c1-11-4-6-12(7-5-11)17-8-2-3-13(17)10-16-14(18)9-15/h4-7,13H,2-3,8-10H2,1H3,(H,16,18)/t13-/m0/s1. The van der Waals surface area contributed by atoms with Crippen molar-refractivity contribution in [1.82, 2.24) is 5.32 Å². The van der Waals surface area contributed by atoms with E-state index in [2.05, 4.69) is 41.4 Å². The van der Waals surface area contributed by atoms with Crippen LogP contribution in [0.1, 0.15) is 18.4 Å². The second-order valence-corrected chi connectivity index (χ2v) is 5.03. The van der Waals surface area contributed by atoms with Gasteiger partial charge in [-0.3, -0.25) is 4.79 Å². The predicted octanol–water partition coefficient (Wildman–Crippen LogP) is 2.32. The van der Waals surface area contributed by atoms with Gasteiger partial charge < -0.3 is 10.2 Å². The normalized spacial score (nSPS) is 19.0. The molecular weight excluding hydrogens is 248 g/mol. The summed E-state index contributed by atoms with van der Waals surface area (Å²) >= 11 is 5.48. The van der Waals surface area contributed by atoms with Gasteiger partial charge in [-0.15, -0.1) is 11.6 Å². The molecule has 18 heavy (non-hydrogen) atoms. The predicted molar refractivity (Wildman–Crippen MR) is 75.3 cm³/mol. The number of amides is 1. The highest BCUT2D eigenvalue weighted by Gasteiger charge is 2.24. The van der Waals surface area contributed by atoms with Crippen molar-refractivity contribution in [1.29, 1.82) is 0 Å². The van der Waals surface area contributed by atoms with Crippen molar-refractivity contribution < 1.29 is 4.79 Å². The summed E-state index contributed by atoms with van der Waals surface area (Å²) in [5.74, 6) is -0.0514. The van der Waals surface area contributed by atoms with Crippen molar-refractivity contribution >= 4 is 23.2 Å². The third-order valence-electron chi connectivity index (χ3n) is 3.40. The third kappa shape index (κ3) is 3.16. The number of rotatable bonds is 4. The second kappa shape index (κ2) is 6.10. The number of benzene rings is 1. The van der Waals surface area contributed by atoms with E-state index in [0.29, 0.717) is 12.6 Å². The molecule has 1 saturated heterocycles. The van der Waals surface area contributed by atoms with Crippen LogP contribution >= 0.6 is 11.6 Å². The smallest absolute Gasteiger partial charge is 0.234 e. The fraction of sp³-hybridized carbons (Fsp3) is 0.500. The molecule has 1 aromatic carbocycles. The molecule has 1 aromatic rings. The topological polar surface area (TPSA) is 32.3 Å². The molecule has 1 amide bonds. The fourth-order valence-corrected chi connectivity index (χ4v) is 2.50. The van der Waals surface area contributed by atoms with Crippen LogP contribution in [-0.2, 0) is 4.79 Å². The van der Waals surface area contributed by atoms with Gasteiger partial charge in [0, 0.05) is 24.8 Å². The van der Waals surface area contributed by atoms with E-state index in [9.17, 15) is 4.79 Å². The third-order valence-corrected chi connectivity index (χ3v) is 3.64. The first kappa shape index (κ1) is 13.2. The highest BCUT2D eigenvalue weighted by Crippen LogP contribution is 2.25. The largest absolute Gasteiger partial charge is 0.367 e. The zero-order valence-corrected chi connectivity index (χ0v) is 11.4. The maximum atomic E-state index is 11.2. The number of nitrogens with zero attached hydrogens (tertiary/aromatic N) is 1. The zero-order valence-electron chi connectivity index (χ0n) is 10.7. The molecular formula is C14H19ClN2O. The van der Waals surface area contributed by atoms with Crippen LogP contribution in [0.25, 0.3) is 0 Å². The van der Waals surface area contributed by atoms with E-state index in [1.165, 1.54) is 17.7 Å². The number of anilines is 1. The molecule has 1 aliphatic heterocycles. The van der Waals surface area contributed by atoms with Gasteiger partial charge in [0.15, 0.2) is 0 Å². The summed E-state index contributed by atoms with van der Waals surface area (Å²) in [4.78, 5) is 13.6. The molecule has 98 valence electrons. The lowest BCUT2D eigenvalue weighted by molar-refractivity contribution is -0.118. The summed E-state index contributed by atoms with van der Waals surface area (Å²) in [5, 5.41) is 2.87. The number of carbonyl (C=O) groups excluding carboxylic acids is 1. The minimum absolute atomic E-state index is 0.0389. The molecule has 0 radical (unpaired) electrons. The summed E-state index contributed by atoms with van der Waals surface area (Å²) in [7, 11) is 0. The van der Waals surface area contributed by atoms with Gasteiger partial charge >= 0.3 is 0 Å². The van der Waals surface area contributed by atoms with E-state index in [0.717, 1.165) is 13.0 Å². The Balaban J connectivity index is 1.98. The number of carbonyl (C=O) groups is 1. The van der Waals surface area contributed by atoms with Crippen LogP contribution in [0.15, 0.2) is 24.3 Å². The first-order valence-corrected chi connectivity index (χ1v) is 6.90. The minimum Gasteiger partial charge on any atom is -0.367 e. The van der Waals surface area contributed by atoms with Gasteiger partial charge in [0.25, 0.3) is 0 Å². The lowest BCUT2D eigenvalue weighted by atomic mass is 10.2. The molecule has 0 unspecified atom stereocenters. The Labute approximate surface area is 113 Å². The van der Waals surface area contributed by atoms with E-state index in [1.807, 2.05) is 0 Å². The molecule has 0 bridgehead atoms. The van der Waals surface area contributed by atoms with E-state index in [1.54, 1.807) is 0 Å². The number of aryl methyl sites for hydroxylation is 1. The van der Waals surface area contributed by atoms with Crippen LogP contribution in [0, 0.1) is 6.92 Å².